The smallest absolute Gasteiger partial charge is 0.328 e. The molecule has 6 heteroatoms. The van der Waals surface area contributed by atoms with Crippen LogP contribution in [0.3, 0.4) is 0 Å². The number of nitrogens with zero attached hydrogens (tertiary/aromatic N) is 1. The molecule has 0 bridgehead atoms. The Kier molecular flexibility index (Phi) is 4.08. The van der Waals surface area contributed by atoms with Gasteiger partial charge in [0.1, 0.15) is 6.04 Å². The summed E-state index contributed by atoms with van der Waals surface area (Å²) in [5.74, 6) is -0.651. The predicted octanol–water partition coefficient (Wildman–Crippen LogP) is -1.10. The van der Waals surface area contributed by atoms with Crippen LogP contribution in [0.4, 0.5) is 0 Å². The first-order valence-corrected chi connectivity index (χ1v) is 4.75. The molecule has 1 N–H and O–H groups in total. The molecule has 1 fully saturated rings. The molecule has 1 aliphatic rings. The van der Waals surface area contributed by atoms with E-state index in [9.17, 15) is 14.4 Å². The zero-order valence-electron chi connectivity index (χ0n) is 8.56. The van der Waals surface area contributed by atoms with E-state index in [0.717, 1.165) is 6.42 Å². The Labute approximate surface area is 87.6 Å². The number of methoxy groups -OCH3 is 1. The Morgan fingerprint density at radius 3 is 2.93 bits per heavy atom. The lowest BCUT2D eigenvalue weighted by Crippen LogP contribution is -2.44. The van der Waals surface area contributed by atoms with Crippen molar-refractivity contribution in [3.05, 3.63) is 0 Å². The molecule has 1 saturated heterocycles. The van der Waals surface area contributed by atoms with Crippen molar-refractivity contribution in [2.24, 2.45) is 0 Å². The maximum absolute atomic E-state index is 11.5. The number of ether oxygens (including phenoxy) is 1. The van der Waals surface area contributed by atoms with Crippen LogP contribution in [-0.4, -0.2) is 49.4 Å². The summed E-state index contributed by atoms with van der Waals surface area (Å²) < 4.78 is 4.60. The molecule has 0 aromatic rings. The zero-order chi connectivity index (χ0) is 11.3. The highest BCUT2D eigenvalue weighted by Gasteiger charge is 2.34. The van der Waals surface area contributed by atoms with Gasteiger partial charge >= 0.3 is 5.97 Å². The van der Waals surface area contributed by atoms with E-state index in [1.54, 1.807) is 0 Å². The van der Waals surface area contributed by atoms with Crippen LogP contribution < -0.4 is 5.32 Å². The second-order valence-corrected chi connectivity index (χ2v) is 3.27. The van der Waals surface area contributed by atoms with E-state index < -0.39 is 12.0 Å². The molecule has 1 heterocycles. The lowest BCUT2D eigenvalue weighted by atomic mass is 10.2. The lowest BCUT2D eigenvalue weighted by molar-refractivity contribution is -0.150. The van der Waals surface area contributed by atoms with Crippen molar-refractivity contribution < 1.29 is 19.1 Å². The normalized spacial score (nSPS) is 19.8. The van der Waals surface area contributed by atoms with Gasteiger partial charge in [0.15, 0.2) is 0 Å². The third-order valence-electron chi connectivity index (χ3n) is 2.38. The number of hydrogen-bond acceptors (Lipinski definition) is 4. The Morgan fingerprint density at radius 1 is 1.60 bits per heavy atom. The molecule has 0 aromatic heterocycles. The van der Waals surface area contributed by atoms with Crippen LogP contribution in [0.25, 0.3) is 0 Å². The van der Waals surface area contributed by atoms with E-state index >= 15 is 0 Å². The van der Waals surface area contributed by atoms with Gasteiger partial charge in [-0.2, -0.15) is 0 Å². The van der Waals surface area contributed by atoms with Crippen LogP contribution in [0.5, 0.6) is 0 Å². The van der Waals surface area contributed by atoms with Crippen LogP contribution >= 0.6 is 0 Å². The summed E-state index contributed by atoms with van der Waals surface area (Å²) in [6, 6.07) is -0.490. The standard InChI is InChI=1S/C9H14N2O4/c1-15-9(14)7-3-2-4-11(7)8(13)5-10-6-12/h6-7H,2-5H2,1H3,(H,10,12)/t7-/m0/s1. The summed E-state index contributed by atoms with van der Waals surface area (Å²) >= 11 is 0. The minimum absolute atomic E-state index is 0.0724. The number of nitrogens with one attached hydrogen (secondary N) is 1. The molecule has 0 saturated carbocycles. The van der Waals surface area contributed by atoms with Gasteiger partial charge in [0.25, 0.3) is 0 Å². The number of likely N-dealkylation sites (tertiary alicyclic amines) is 1. The third kappa shape index (κ3) is 2.68. The molecular formula is C9H14N2O4. The first kappa shape index (κ1) is 11.5. The quantitative estimate of drug-likeness (QED) is 0.476. The first-order chi connectivity index (χ1) is 7.20. The molecule has 15 heavy (non-hydrogen) atoms. The fourth-order valence-electron chi connectivity index (χ4n) is 1.68. The highest BCUT2D eigenvalue weighted by atomic mass is 16.5. The predicted molar refractivity (Wildman–Crippen MR) is 50.8 cm³/mol. The Balaban J connectivity index is 2.55. The van der Waals surface area contributed by atoms with E-state index in [0.29, 0.717) is 19.4 Å². The lowest BCUT2D eigenvalue weighted by Gasteiger charge is -2.22. The van der Waals surface area contributed by atoms with Gasteiger partial charge in [-0.25, -0.2) is 4.79 Å². The maximum atomic E-state index is 11.5. The summed E-state index contributed by atoms with van der Waals surface area (Å²) in [6.45, 7) is 0.468. The average molecular weight is 214 g/mol. The molecule has 1 aliphatic heterocycles. The van der Waals surface area contributed by atoms with Gasteiger partial charge in [0.05, 0.1) is 13.7 Å². The van der Waals surface area contributed by atoms with Gasteiger partial charge in [0.2, 0.25) is 12.3 Å². The number of esters is 1. The van der Waals surface area contributed by atoms with Gasteiger partial charge in [-0.1, -0.05) is 0 Å². The summed E-state index contributed by atoms with van der Waals surface area (Å²) in [5, 5.41) is 2.28. The Morgan fingerprint density at radius 2 is 2.33 bits per heavy atom. The topological polar surface area (TPSA) is 75.7 Å². The molecule has 2 amide bonds. The molecule has 0 aromatic carbocycles. The highest BCUT2D eigenvalue weighted by molar-refractivity contribution is 5.86. The molecule has 6 nitrogen and oxygen atoms in total. The largest absolute Gasteiger partial charge is 0.467 e. The zero-order valence-corrected chi connectivity index (χ0v) is 8.56. The Bertz CT molecular complexity index is 267. The van der Waals surface area contributed by atoms with E-state index in [2.05, 4.69) is 10.1 Å². The molecular weight excluding hydrogens is 200 g/mol. The van der Waals surface area contributed by atoms with Crippen molar-refractivity contribution in [2.75, 3.05) is 20.2 Å². The van der Waals surface area contributed by atoms with Crippen molar-refractivity contribution in [3.63, 3.8) is 0 Å². The Hall–Kier alpha value is -1.59. The van der Waals surface area contributed by atoms with Crippen molar-refractivity contribution in [2.45, 2.75) is 18.9 Å². The van der Waals surface area contributed by atoms with Crippen LogP contribution in [-0.2, 0) is 19.1 Å². The fourth-order valence-corrected chi connectivity index (χ4v) is 1.68. The second kappa shape index (κ2) is 5.33. The molecule has 0 spiro atoms. The number of amides is 2. The van der Waals surface area contributed by atoms with Gasteiger partial charge in [0, 0.05) is 6.54 Å². The van der Waals surface area contributed by atoms with Crippen LogP contribution in [0, 0.1) is 0 Å². The van der Waals surface area contributed by atoms with Gasteiger partial charge < -0.3 is 15.0 Å². The van der Waals surface area contributed by atoms with Gasteiger partial charge in [-0.05, 0) is 12.8 Å². The molecule has 84 valence electrons. The van der Waals surface area contributed by atoms with E-state index in [-0.39, 0.29) is 12.5 Å². The minimum atomic E-state index is -0.490. The van der Waals surface area contributed by atoms with E-state index in [1.165, 1.54) is 12.0 Å². The summed E-state index contributed by atoms with van der Waals surface area (Å²) in [7, 11) is 1.30. The van der Waals surface area contributed by atoms with Crippen molar-refractivity contribution >= 4 is 18.3 Å². The highest BCUT2D eigenvalue weighted by Crippen LogP contribution is 2.17. The molecule has 1 rings (SSSR count). The average Bonchev–Trinajstić information content (AvgIpc) is 2.73. The monoisotopic (exact) mass is 214 g/mol. The van der Waals surface area contributed by atoms with Gasteiger partial charge in [-0.15, -0.1) is 0 Å². The summed E-state index contributed by atoms with van der Waals surface area (Å²) in [6.07, 6.45) is 1.87. The number of rotatable bonds is 4. The fraction of sp³-hybridized carbons (Fsp3) is 0.667. The van der Waals surface area contributed by atoms with Crippen molar-refractivity contribution in [1.82, 2.24) is 10.2 Å². The summed E-state index contributed by atoms with van der Waals surface area (Å²) in [4.78, 5) is 34.3. The number of hydrogen-bond donors (Lipinski definition) is 1. The van der Waals surface area contributed by atoms with E-state index in [1.807, 2.05) is 0 Å². The van der Waals surface area contributed by atoms with E-state index in [4.69, 9.17) is 0 Å². The number of carbonyl (C=O) groups excluding carboxylic acids is 3. The molecule has 0 radical (unpaired) electrons. The number of carbonyl (C=O) groups is 3. The molecule has 0 unspecified atom stereocenters. The summed E-state index contributed by atoms with van der Waals surface area (Å²) in [5.41, 5.74) is 0. The molecule has 0 aliphatic carbocycles. The van der Waals surface area contributed by atoms with Crippen LogP contribution in [0.2, 0.25) is 0 Å². The van der Waals surface area contributed by atoms with Crippen molar-refractivity contribution in [3.8, 4) is 0 Å². The first-order valence-electron chi connectivity index (χ1n) is 4.75. The van der Waals surface area contributed by atoms with Crippen LogP contribution in [0.15, 0.2) is 0 Å². The third-order valence-corrected chi connectivity index (χ3v) is 2.38. The van der Waals surface area contributed by atoms with Crippen molar-refractivity contribution in [1.29, 1.82) is 0 Å². The molecule has 1 atom stereocenters. The van der Waals surface area contributed by atoms with Gasteiger partial charge in [-0.3, -0.25) is 9.59 Å². The second-order valence-electron chi connectivity index (χ2n) is 3.27. The maximum Gasteiger partial charge on any atom is 0.328 e. The minimum Gasteiger partial charge on any atom is -0.467 e. The SMILES string of the molecule is COC(=O)[C@@H]1CCCN1C(=O)CNC=O. The van der Waals surface area contributed by atoms with Crippen LogP contribution in [0.1, 0.15) is 12.8 Å².